The summed E-state index contributed by atoms with van der Waals surface area (Å²) in [5.41, 5.74) is 0.685. The molecule has 1 heterocycles. The van der Waals surface area contributed by atoms with Gasteiger partial charge in [-0.15, -0.1) is 0 Å². The van der Waals surface area contributed by atoms with Crippen molar-refractivity contribution in [1.82, 2.24) is 0 Å². The number of aliphatic hydroxyl groups is 1. The molecule has 0 bridgehead atoms. The maximum atomic E-state index is 10.8. The van der Waals surface area contributed by atoms with Crippen molar-refractivity contribution >= 4 is 17.9 Å². The Morgan fingerprint density at radius 2 is 1.50 bits per heavy atom. The Balaban J connectivity index is 0.000000463. The molecular formula is C16H24O8. The van der Waals surface area contributed by atoms with E-state index in [4.69, 9.17) is 14.6 Å². The van der Waals surface area contributed by atoms with E-state index in [0.717, 1.165) is 0 Å². The van der Waals surface area contributed by atoms with Gasteiger partial charge in [0.05, 0.1) is 6.61 Å². The summed E-state index contributed by atoms with van der Waals surface area (Å²) in [6.07, 6.45) is -0.856. The van der Waals surface area contributed by atoms with Gasteiger partial charge < -0.3 is 24.1 Å². The zero-order chi connectivity index (χ0) is 18.7. The van der Waals surface area contributed by atoms with Crippen LogP contribution in [0.25, 0.3) is 0 Å². The molecule has 1 N–H and O–H groups in total. The van der Waals surface area contributed by atoms with Crippen LogP contribution < -0.4 is 0 Å². The molecule has 0 aliphatic carbocycles. The highest BCUT2D eigenvalue weighted by molar-refractivity contribution is 5.87. The number of hydrogen-bond acceptors (Lipinski definition) is 8. The maximum absolute atomic E-state index is 10.8. The Bertz CT molecular complexity index is 478. The lowest BCUT2D eigenvalue weighted by Crippen LogP contribution is -2.24. The van der Waals surface area contributed by atoms with Crippen LogP contribution in [0.3, 0.4) is 0 Å². The summed E-state index contributed by atoms with van der Waals surface area (Å²) in [5, 5.41) is 9.14. The molecule has 0 aromatic rings. The van der Waals surface area contributed by atoms with Crippen LogP contribution in [-0.4, -0.2) is 61.6 Å². The van der Waals surface area contributed by atoms with Gasteiger partial charge in [0.15, 0.2) is 0 Å². The molecular weight excluding hydrogens is 320 g/mol. The van der Waals surface area contributed by atoms with Gasteiger partial charge in [-0.05, 0) is 13.8 Å². The van der Waals surface area contributed by atoms with Gasteiger partial charge in [-0.25, -0.2) is 9.59 Å². The lowest BCUT2D eigenvalue weighted by Gasteiger charge is -2.10. The molecule has 0 amide bonds. The molecule has 2 unspecified atom stereocenters. The van der Waals surface area contributed by atoms with Crippen LogP contribution in [0.2, 0.25) is 0 Å². The molecule has 0 aromatic heterocycles. The Morgan fingerprint density at radius 3 is 1.92 bits per heavy atom. The number of epoxide rings is 1. The summed E-state index contributed by atoms with van der Waals surface area (Å²) < 4.78 is 18.7. The van der Waals surface area contributed by atoms with Crippen LogP contribution in [0.5, 0.6) is 0 Å². The molecule has 2 atom stereocenters. The highest BCUT2D eigenvalue weighted by atomic mass is 16.6. The quantitative estimate of drug-likeness (QED) is 0.294. The summed E-state index contributed by atoms with van der Waals surface area (Å²) in [7, 11) is 0. The van der Waals surface area contributed by atoms with Gasteiger partial charge in [-0.3, -0.25) is 4.79 Å². The smallest absolute Gasteiger partial charge is 0.333 e. The second-order valence-corrected chi connectivity index (χ2v) is 5.17. The first-order valence-corrected chi connectivity index (χ1v) is 7.21. The second-order valence-electron chi connectivity index (χ2n) is 5.17. The minimum Gasteiger partial charge on any atom is -0.463 e. The number of ether oxygens (including phenoxy) is 4. The van der Waals surface area contributed by atoms with E-state index < -0.39 is 18.0 Å². The van der Waals surface area contributed by atoms with E-state index in [9.17, 15) is 14.4 Å². The zero-order valence-corrected chi connectivity index (χ0v) is 14.2. The van der Waals surface area contributed by atoms with Crippen LogP contribution in [0, 0.1) is 0 Å². The Kier molecular flexibility index (Phi) is 10.3. The standard InChI is InChI=1S/C9H14O5.C7H10O3/c1-6(2)9(12)14-5-8(11)4-13-7(3)10;1-5(2)7(8)10-4-6-3-9-6/h8,11H,1,4-5H2,2-3H3;6H,1,3-4H2,2H3. The van der Waals surface area contributed by atoms with Crippen molar-refractivity contribution in [3.05, 3.63) is 24.3 Å². The van der Waals surface area contributed by atoms with E-state index in [1.54, 1.807) is 6.92 Å². The van der Waals surface area contributed by atoms with Crippen LogP contribution in [-0.2, 0) is 33.3 Å². The average Bonchev–Trinajstić information content (AvgIpc) is 3.32. The molecule has 1 aliphatic heterocycles. The number of hydrogen-bond donors (Lipinski definition) is 1. The van der Waals surface area contributed by atoms with Gasteiger partial charge in [-0.1, -0.05) is 13.2 Å². The summed E-state index contributed by atoms with van der Waals surface area (Å²) in [6, 6.07) is 0. The molecule has 0 spiro atoms. The van der Waals surface area contributed by atoms with Crippen LogP contribution in [0.15, 0.2) is 24.3 Å². The van der Waals surface area contributed by atoms with Crippen molar-refractivity contribution in [3.8, 4) is 0 Å². The fourth-order valence-corrected chi connectivity index (χ4v) is 1.01. The monoisotopic (exact) mass is 344 g/mol. The summed E-state index contributed by atoms with van der Waals surface area (Å²) in [5.74, 6) is -1.40. The predicted molar refractivity (Wildman–Crippen MR) is 83.9 cm³/mol. The first-order valence-electron chi connectivity index (χ1n) is 7.21. The Morgan fingerprint density at radius 1 is 1.04 bits per heavy atom. The fraction of sp³-hybridized carbons (Fsp3) is 0.562. The van der Waals surface area contributed by atoms with E-state index in [1.807, 2.05) is 0 Å². The molecule has 0 radical (unpaired) electrons. The molecule has 0 aromatic carbocycles. The molecule has 136 valence electrons. The number of rotatable bonds is 8. The molecule has 1 aliphatic rings. The van der Waals surface area contributed by atoms with Gasteiger partial charge in [0.1, 0.15) is 32.0 Å². The molecule has 24 heavy (non-hydrogen) atoms. The summed E-state index contributed by atoms with van der Waals surface area (Å²) >= 11 is 0. The summed E-state index contributed by atoms with van der Waals surface area (Å²) in [6.45, 7) is 11.8. The predicted octanol–water partition coefficient (Wildman–Crippen LogP) is 0.534. The van der Waals surface area contributed by atoms with Gasteiger partial charge in [-0.2, -0.15) is 0 Å². The minimum absolute atomic E-state index is 0.142. The average molecular weight is 344 g/mol. The molecule has 8 nitrogen and oxygen atoms in total. The van der Waals surface area contributed by atoms with Gasteiger partial charge in [0, 0.05) is 18.1 Å². The van der Waals surface area contributed by atoms with E-state index in [2.05, 4.69) is 22.6 Å². The molecule has 8 heteroatoms. The first-order chi connectivity index (χ1) is 11.1. The van der Waals surface area contributed by atoms with Gasteiger partial charge in [0.25, 0.3) is 0 Å². The van der Waals surface area contributed by atoms with Crippen LogP contribution in [0.1, 0.15) is 20.8 Å². The zero-order valence-electron chi connectivity index (χ0n) is 14.2. The SMILES string of the molecule is C=C(C)C(=O)OCC(O)COC(C)=O.C=C(C)C(=O)OCC1CO1. The van der Waals surface area contributed by atoms with Gasteiger partial charge >= 0.3 is 17.9 Å². The van der Waals surface area contributed by atoms with Crippen LogP contribution >= 0.6 is 0 Å². The van der Waals surface area contributed by atoms with Gasteiger partial charge in [0.2, 0.25) is 0 Å². The van der Waals surface area contributed by atoms with Crippen LogP contribution in [0.4, 0.5) is 0 Å². The molecule has 1 saturated heterocycles. The lowest BCUT2D eigenvalue weighted by atomic mass is 10.3. The highest BCUT2D eigenvalue weighted by Crippen LogP contribution is 2.09. The third-order valence-corrected chi connectivity index (χ3v) is 2.39. The number of carbonyl (C=O) groups is 3. The molecule has 0 saturated carbocycles. The van der Waals surface area contributed by atoms with Crippen molar-refractivity contribution < 1.29 is 38.4 Å². The van der Waals surface area contributed by atoms with E-state index in [0.29, 0.717) is 18.8 Å². The topological polar surface area (TPSA) is 112 Å². The molecule has 1 rings (SSSR count). The van der Waals surface area contributed by atoms with Crippen molar-refractivity contribution in [3.63, 3.8) is 0 Å². The number of carbonyl (C=O) groups excluding carboxylic acids is 3. The van der Waals surface area contributed by atoms with Crippen molar-refractivity contribution in [2.24, 2.45) is 0 Å². The lowest BCUT2D eigenvalue weighted by molar-refractivity contribution is -0.148. The third-order valence-electron chi connectivity index (χ3n) is 2.39. The van der Waals surface area contributed by atoms with Crippen molar-refractivity contribution in [2.75, 3.05) is 26.4 Å². The maximum Gasteiger partial charge on any atom is 0.333 e. The van der Waals surface area contributed by atoms with E-state index >= 15 is 0 Å². The van der Waals surface area contributed by atoms with Crippen molar-refractivity contribution in [1.29, 1.82) is 0 Å². The Labute approximate surface area is 141 Å². The van der Waals surface area contributed by atoms with E-state index in [1.165, 1.54) is 13.8 Å². The third kappa shape index (κ3) is 12.4. The minimum atomic E-state index is -0.998. The first kappa shape index (κ1) is 21.8. The normalized spacial score (nSPS) is 15.9. The Hall–Kier alpha value is -2.19. The van der Waals surface area contributed by atoms with Crippen molar-refractivity contribution in [2.45, 2.75) is 33.0 Å². The fourth-order valence-electron chi connectivity index (χ4n) is 1.01. The number of esters is 3. The number of aliphatic hydroxyl groups excluding tert-OH is 1. The highest BCUT2D eigenvalue weighted by Gasteiger charge is 2.24. The van der Waals surface area contributed by atoms with E-state index in [-0.39, 0.29) is 30.9 Å². The second kappa shape index (κ2) is 11.4. The molecule has 1 fully saturated rings. The summed E-state index contributed by atoms with van der Waals surface area (Å²) in [4.78, 5) is 31.9. The largest absolute Gasteiger partial charge is 0.463 e.